The van der Waals surface area contributed by atoms with E-state index in [4.69, 9.17) is 4.98 Å². The van der Waals surface area contributed by atoms with Crippen LogP contribution in [0.15, 0.2) is 55.0 Å². The number of anilines is 1. The van der Waals surface area contributed by atoms with Crippen LogP contribution in [0.4, 0.5) is 5.69 Å². The molecule has 5 rings (SSSR count). The molecule has 27 heavy (non-hydrogen) atoms. The Hall–Kier alpha value is -2.99. The third-order valence-corrected chi connectivity index (χ3v) is 5.51. The fourth-order valence-electron chi connectivity index (χ4n) is 3.87. The van der Waals surface area contributed by atoms with Crippen LogP contribution in [-0.4, -0.2) is 45.8 Å². The zero-order valence-corrected chi connectivity index (χ0v) is 15.3. The lowest BCUT2D eigenvalue weighted by Crippen LogP contribution is -2.41. The van der Waals surface area contributed by atoms with E-state index in [2.05, 4.69) is 57.7 Å². The molecule has 0 amide bonds. The van der Waals surface area contributed by atoms with Crippen molar-refractivity contribution in [3.63, 3.8) is 0 Å². The van der Waals surface area contributed by atoms with Crippen LogP contribution in [0, 0.1) is 0 Å². The molecule has 4 heterocycles. The molecule has 0 unspecified atom stereocenters. The number of nitrogens with zero attached hydrogens (tertiary/aromatic N) is 5. The van der Waals surface area contributed by atoms with Crippen molar-refractivity contribution in [2.45, 2.75) is 18.9 Å². The highest BCUT2D eigenvalue weighted by atomic mass is 15.3. The zero-order valence-electron chi connectivity index (χ0n) is 15.3. The first kappa shape index (κ1) is 16.2. The van der Waals surface area contributed by atoms with Crippen molar-refractivity contribution in [3.05, 3.63) is 55.0 Å². The minimum atomic E-state index is 0.603. The molecule has 6 nitrogen and oxygen atoms in total. The van der Waals surface area contributed by atoms with Gasteiger partial charge in [0.15, 0.2) is 5.65 Å². The molecule has 1 aliphatic rings. The van der Waals surface area contributed by atoms with E-state index in [9.17, 15) is 0 Å². The molecule has 1 aliphatic heterocycles. The summed E-state index contributed by atoms with van der Waals surface area (Å²) in [6.07, 6.45) is 5.86. The van der Waals surface area contributed by atoms with Crippen LogP contribution in [-0.2, 0) is 0 Å². The van der Waals surface area contributed by atoms with Gasteiger partial charge in [0, 0.05) is 35.9 Å². The van der Waals surface area contributed by atoms with E-state index in [0.717, 1.165) is 35.5 Å². The molecule has 6 heteroatoms. The fourth-order valence-corrected chi connectivity index (χ4v) is 3.87. The van der Waals surface area contributed by atoms with Gasteiger partial charge in [-0.3, -0.25) is 0 Å². The van der Waals surface area contributed by atoms with Crippen LogP contribution in [0.25, 0.3) is 27.8 Å². The lowest BCUT2D eigenvalue weighted by molar-refractivity contribution is 0.443. The molecule has 0 saturated carbocycles. The first-order chi connectivity index (χ1) is 13.3. The van der Waals surface area contributed by atoms with Crippen LogP contribution in [0.2, 0.25) is 0 Å². The third-order valence-electron chi connectivity index (χ3n) is 5.51. The molecule has 0 radical (unpaired) electrons. The molecule has 4 aromatic rings. The summed E-state index contributed by atoms with van der Waals surface area (Å²) < 4.78 is 1.76. The van der Waals surface area contributed by atoms with E-state index in [1.807, 2.05) is 18.3 Å². The summed E-state index contributed by atoms with van der Waals surface area (Å²) in [5.74, 6) is 0. The summed E-state index contributed by atoms with van der Waals surface area (Å²) in [6, 6.07) is 15.4. The fraction of sp³-hybridized carbons (Fsp3) is 0.286. The second-order valence-corrected chi connectivity index (χ2v) is 7.14. The SMILES string of the molecule is CN(c1ccc2nc(-c3ccn4ncnc4c3)ccc2c1)C1CCNCC1. The summed E-state index contributed by atoms with van der Waals surface area (Å²) in [6.45, 7) is 2.20. The zero-order chi connectivity index (χ0) is 18.2. The predicted octanol–water partition coefficient (Wildman–Crippen LogP) is 3.13. The Labute approximate surface area is 157 Å². The highest BCUT2D eigenvalue weighted by Crippen LogP contribution is 2.27. The Balaban J connectivity index is 1.47. The van der Waals surface area contributed by atoms with Crippen LogP contribution in [0.1, 0.15) is 12.8 Å². The summed E-state index contributed by atoms with van der Waals surface area (Å²) in [4.78, 5) is 11.5. The van der Waals surface area contributed by atoms with Gasteiger partial charge >= 0.3 is 0 Å². The van der Waals surface area contributed by atoms with Crippen molar-refractivity contribution in [1.82, 2.24) is 24.9 Å². The molecule has 1 saturated heterocycles. The number of fused-ring (bicyclic) bond motifs is 2. The van der Waals surface area contributed by atoms with Gasteiger partial charge in [-0.05, 0) is 62.3 Å². The molecule has 0 atom stereocenters. The first-order valence-corrected chi connectivity index (χ1v) is 9.42. The Bertz CT molecular complexity index is 1100. The molecular formula is C21H22N6. The Morgan fingerprint density at radius 2 is 1.96 bits per heavy atom. The third kappa shape index (κ3) is 3.02. The quantitative estimate of drug-likeness (QED) is 0.610. The second kappa shape index (κ2) is 6.63. The van der Waals surface area contributed by atoms with Gasteiger partial charge in [-0.1, -0.05) is 6.07 Å². The minimum absolute atomic E-state index is 0.603. The van der Waals surface area contributed by atoms with Crippen molar-refractivity contribution in [2.75, 3.05) is 25.0 Å². The van der Waals surface area contributed by atoms with Crippen molar-refractivity contribution in [3.8, 4) is 11.3 Å². The Kier molecular flexibility index (Phi) is 3.98. The average Bonchev–Trinajstić information content (AvgIpc) is 3.21. The van der Waals surface area contributed by atoms with E-state index in [1.165, 1.54) is 23.9 Å². The molecule has 1 N–H and O–H groups in total. The van der Waals surface area contributed by atoms with Crippen molar-refractivity contribution >= 4 is 22.2 Å². The maximum absolute atomic E-state index is 4.86. The number of piperidine rings is 1. The smallest absolute Gasteiger partial charge is 0.155 e. The number of hydrogen-bond acceptors (Lipinski definition) is 5. The van der Waals surface area contributed by atoms with Gasteiger partial charge in [0.2, 0.25) is 0 Å². The minimum Gasteiger partial charge on any atom is -0.371 e. The molecule has 1 aromatic carbocycles. The molecule has 0 spiro atoms. The lowest BCUT2D eigenvalue weighted by Gasteiger charge is -2.33. The monoisotopic (exact) mass is 358 g/mol. The van der Waals surface area contributed by atoms with Gasteiger partial charge in [-0.2, -0.15) is 5.10 Å². The number of nitrogens with one attached hydrogen (secondary N) is 1. The van der Waals surface area contributed by atoms with Crippen LogP contribution >= 0.6 is 0 Å². The molecule has 136 valence electrons. The summed E-state index contributed by atoms with van der Waals surface area (Å²) in [5.41, 5.74) is 5.10. The van der Waals surface area contributed by atoms with E-state index in [1.54, 1.807) is 10.8 Å². The Morgan fingerprint density at radius 3 is 2.85 bits per heavy atom. The normalized spacial score (nSPS) is 15.4. The van der Waals surface area contributed by atoms with Gasteiger partial charge in [-0.15, -0.1) is 0 Å². The van der Waals surface area contributed by atoms with Crippen LogP contribution < -0.4 is 10.2 Å². The lowest BCUT2D eigenvalue weighted by atomic mass is 10.0. The van der Waals surface area contributed by atoms with Gasteiger partial charge in [0.05, 0.1) is 11.2 Å². The van der Waals surface area contributed by atoms with Gasteiger partial charge in [0.1, 0.15) is 6.33 Å². The largest absolute Gasteiger partial charge is 0.371 e. The first-order valence-electron chi connectivity index (χ1n) is 9.42. The highest BCUT2D eigenvalue weighted by Gasteiger charge is 2.18. The van der Waals surface area contributed by atoms with Gasteiger partial charge in [0.25, 0.3) is 0 Å². The summed E-state index contributed by atoms with van der Waals surface area (Å²) in [7, 11) is 2.20. The molecule has 0 bridgehead atoms. The molecular weight excluding hydrogens is 336 g/mol. The average molecular weight is 358 g/mol. The molecule has 0 aliphatic carbocycles. The van der Waals surface area contributed by atoms with Crippen LogP contribution in [0.3, 0.4) is 0 Å². The second-order valence-electron chi connectivity index (χ2n) is 7.14. The maximum Gasteiger partial charge on any atom is 0.155 e. The van der Waals surface area contributed by atoms with Crippen molar-refractivity contribution < 1.29 is 0 Å². The van der Waals surface area contributed by atoms with Crippen molar-refractivity contribution in [1.29, 1.82) is 0 Å². The summed E-state index contributed by atoms with van der Waals surface area (Å²) >= 11 is 0. The number of pyridine rings is 2. The predicted molar refractivity (Wildman–Crippen MR) is 108 cm³/mol. The number of benzene rings is 1. The van der Waals surface area contributed by atoms with E-state index in [0.29, 0.717) is 6.04 Å². The molecule has 1 fully saturated rings. The summed E-state index contributed by atoms with van der Waals surface area (Å²) in [5, 5.41) is 8.75. The maximum atomic E-state index is 4.86. The number of hydrogen-bond donors (Lipinski definition) is 1. The van der Waals surface area contributed by atoms with Gasteiger partial charge < -0.3 is 10.2 Å². The van der Waals surface area contributed by atoms with Gasteiger partial charge in [-0.25, -0.2) is 14.5 Å². The van der Waals surface area contributed by atoms with Crippen LogP contribution in [0.5, 0.6) is 0 Å². The topological polar surface area (TPSA) is 58.4 Å². The van der Waals surface area contributed by atoms with E-state index < -0.39 is 0 Å². The van der Waals surface area contributed by atoms with Crippen molar-refractivity contribution in [2.24, 2.45) is 0 Å². The van der Waals surface area contributed by atoms with E-state index >= 15 is 0 Å². The van der Waals surface area contributed by atoms with E-state index in [-0.39, 0.29) is 0 Å². The number of aromatic nitrogens is 4. The molecule has 3 aromatic heterocycles. The highest BCUT2D eigenvalue weighted by molar-refractivity contribution is 5.85. The standard InChI is InChI=1S/C21H22N6/c1-26(17-6-9-22-10-7-17)18-3-5-20-15(12-18)2-4-19(25-20)16-8-11-27-21(13-16)23-14-24-27/h2-5,8,11-14,17,22H,6-7,9-10H2,1H3. The number of rotatable bonds is 3. The Morgan fingerprint density at radius 1 is 1.07 bits per heavy atom.